The highest BCUT2D eigenvalue weighted by molar-refractivity contribution is 4.87. The smallest absolute Gasteiger partial charge is 0.325 e. The Morgan fingerprint density at radius 3 is 2.29 bits per heavy atom. The fourth-order valence-electron chi connectivity index (χ4n) is 2.38. The van der Waals surface area contributed by atoms with Gasteiger partial charge in [-0.25, -0.2) is 0 Å². The molecular weight excluding hydrogens is 229 g/mol. The fraction of sp³-hybridized carbons (Fsp3) is 1.00. The average molecular weight is 252 g/mol. The summed E-state index contributed by atoms with van der Waals surface area (Å²) in [5.74, 6) is 0. The van der Waals surface area contributed by atoms with Crippen LogP contribution in [0.3, 0.4) is 0 Å². The number of nitrogens with two attached hydrogens (primary N) is 1. The summed E-state index contributed by atoms with van der Waals surface area (Å²) in [5.41, 5.74) is 6.15. The first kappa shape index (κ1) is 14.8. The van der Waals surface area contributed by atoms with Gasteiger partial charge in [-0.2, -0.15) is 13.2 Å². The van der Waals surface area contributed by atoms with E-state index in [1.54, 1.807) is 0 Å². The molecule has 0 atom stereocenters. The fourth-order valence-corrected chi connectivity index (χ4v) is 2.38. The number of alkyl halides is 3. The second-order valence-corrected chi connectivity index (χ2v) is 5.14. The van der Waals surface area contributed by atoms with Crippen molar-refractivity contribution in [3.8, 4) is 0 Å². The number of rotatable bonds is 6. The van der Waals surface area contributed by atoms with Gasteiger partial charge >= 0.3 is 6.18 Å². The molecule has 0 aromatic carbocycles. The Hall–Kier alpha value is -0.290. The van der Waals surface area contributed by atoms with Crippen molar-refractivity contribution in [1.29, 1.82) is 0 Å². The molecule has 0 unspecified atom stereocenters. The van der Waals surface area contributed by atoms with E-state index in [-0.39, 0.29) is 12.0 Å². The van der Waals surface area contributed by atoms with Crippen molar-refractivity contribution >= 4 is 0 Å². The molecule has 0 aromatic heterocycles. The number of hydrogen-bond donors (Lipinski definition) is 2. The largest absolute Gasteiger partial charge is 0.389 e. The molecule has 0 saturated heterocycles. The van der Waals surface area contributed by atoms with Gasteiger partial charge in [0.05, 0.1) is 0 Å². The summed E-state index contributed by atoms with van der Waals surface area (Å²) in [6, 6.07) is 0. The van der Waals surface area contributed by atoms with Crippen LogP contribution in [0.1, 0.15) is 51.4 Å². The highest BCUT2D eigenvalue weighted by atomic mass is 19.4. The van der Waals surface area contributed by atoms with Crippen LogP contribution in [-0.4, -0.2) is 24.8 Å². The number of halogens is 3. The first-order chi connectivity index (χ1) is 7.91. The minimum absolute atomic E-state index is 0.0741. The van der Waals surface area contributed by atoms with Crippen LogP contribution in [-0.2, 0) is 0 Å². The third-order valence-electron chi connectivity index (χ3n) is 3.46. The van der Waals surface area contributed by atoms with Crippen LogP contribution in [0.4, 0.5) is 13.2 Å². The molecule has 102 valence electrons. The van der Waals surface area contributed by atoms with Gasteiger partial charge in [-0.15, -0.1) is 0 Å². The summed E-state index contributed by atoms with van der Waals surface area (Å²) in [6.45, 7) is 1.16. The molecule has 1 aliphatic carbocycles. The lowest BCUT2D eigenvalue weighted by atomic mass is 9.80. The summed E-state index contributed by atoms with van der Waals surface area (Å²) in [4.78, 5) is 0. The molecule has 0 amide bonds. The highest BCUT2D eigenvalue weighted by Gasteiger charge is 2.27. The molecule has 1 aliphatic rings. The standard InChI is InChI=1S/C12H23F3N2/c13-12(14,15)7-4-9-17-10-8-11(16)5-2-1-3-6-11/h17H,1-10,16H2. The molecule has 1 rings (SSSR count). The van der Waals surface area contributed by atoms with Gasteiger partial charge in [-0.3, -0.25) is 0 Å². The van der Waals surface area contributed by atoms with Gasteiger partial charge in [0.1, 0.15) is 0 Å². The zero-order chi connectivity index (χ0) is 12.8. The van der Waals surface area contributed by atoms with E-state index in [0.29, 0.717) is 6.54 Å². The van der Waals surface area contributed by atoms with Crippen LogP contribution in [0, 0.1) is 0 Å². The Morgan fingerprint density at radius 1 is 1.06 bits per heavy atom. The van der Waals surface area contributed by atoms with Crippen molar-refractivity contribution in [2.24, 2.45) is 5.73 Å². The Bertz CT molecular complexity index is 210. The molecule has 0 heterocycles. The van der Waals surface area contributed by atoms with Crippen LogP contribution in [0.25, 0.3) is 0 Å². The van der Waals surface area contributed by atoms with Gasteiger partial charge in [0.25, 0.3) is 0 Å². The van der Waals surface area contributed by atoms with Gasteiger partial charge in [0.2, 0.25) is 0 Å². The van der Waals surface area contributed by atoms with Crippen molar-refractivity contribution in [3.05, 3.63) is 0 Å². The maximum atomic E-state index is 11.9. The summed E-state index contributed by atoms with van der Waals surface area (Å²) in [7, 11) is 0. The minimum Gasteiger partial charge on any atom is -0.325 e. The molecule has 5 heteroatoms. The van der Waals surface area contributed by atoms with E-state index in [4.69, 9.17) is 5.73 Å². The SMILES string of the molecule is NC1(CCNCCCC(F)(F)F)CCCCC1. The second kappa shape index (κ2) is 6.59. The highest BCUT2D eigenvalue weighted by Crippen LogP contribution is 2.28. The molecule has 3 N–H and O–H groups in total. The molecule has 0 spiro atoms. The van der Waals surface area contributed by atoms with E-state index >= 15 is 0 Å². The van der Waals surface area contributed by atoms with Crippen LogP contribution in [0.15, 0.2) is 0 Å². The Balaban J connectivity index is 2.00. The van der Waals surface area contributed by atoms with Gasteiger partial charge < -0.3 is 11.1 Å². The Morgan fingerprint density at radius 2 is 1.71 bits per heavy atom. The lowest BCUT2D eigenvalue weighted by molar-refractivity contribution is -0.135. The molecule has 0 bridgehead atoms. The van der Waals surface area contributed by atoms with E-state index in [9.17, 15) is 13.2 Å². The number of nitrogens with one attached hydrogen (secondary N) is 1. The van der Waals surface area contributed by atoms with Crippen LogP contribution < -0.4 is 11.1 Å². The van der Waals surface area contributed by atoms with E-state index in [2.05, 4.69) is 5.32 Å². The summed E-state index contributed by atoms with van der Waals surface area (Å²) in [6.07, 6.45) is 2.04. The normalized spacial score (nSPS) is 20.5. The zero-order valence-corrected chi connectivity index (χ0v) is 10.3. The lowest BCUT2D eigenvalue weighted by Gasteiger charge is -2.33. The third-order valence-corrected chi connectivity index (χ3v) is 3.46. The summed E-state index contributed by atoms with van der Waals surface area (Å²) >= 11 is 0. The zero-order valence-electron chi connectivity index (χ0n) is 10.3. The third kappa shape index (κ3) is 6.88. The van der Waals surface area contributed by atoms with Crippen LogP contribution in [0.2, 0.25) is 0 Å². The van der Waals surface area contributed by atoms with Crippen molar-refractivity contribution in [1.82, 2.24) is 5.32 Å². The predicted molar refractivity (Wildman–Crippen MR) is 62.8 cm³/mol. The van der Waals surface area contributed by atoms with Crippen LogP contribution >= 0.6 is 0 Å². The van der Waals surface area contributed by atoms with Gasteiger partial charge in [0, 0.05) is 12.0 Å². The van der Waals surface area contributed by atoms with Gasteiger partial charge in [-0.1, -0.05) is 19.3 Å². The average Bonchev–Trinajstić information content (AvgIpc) is 2.23. The molecule has 17 heavy (non-hydrogen) atoms. The number of hydrogen-bond acceptors (Lipinski definition) is 2. The minimum atomic E-state index is -4.03. The Labute approximate surface area is 101 Å². The van der Waals surface area contributed by atoms with Crippen LogP contribution in [0.5, 0.6) is 0 Å². The Kier molecular flexibility index (Phi) is 5.73. The molecule has 0 radical (unpaired) electrons. The molecule has 1 saturated carbocycles. The van der Waals surface area contributed by atoms with Crippen molar-refractivity contribution < 1.29 is 13.2 Å². The monoisotopic (exact) mass is 252 g/mol. The van der Waals surface area contributed by atoms with E-state index in [1.165, 1.54) is 19.3 Å². The molecule has 0 aromatic rings. The van der Waals surface area contributed by atoms with E-state index in [1.807, 2.05) is 0 Å². The molecule has 1 fully saturated rings. The molecule has 0 aliphatic heterocycles. The van der Waals surface area contributed by atoms with E-state index < -0.39 is 12.6 Å². The van der Waals surface area contributed by atoms with Gasteiger partial charge in [0.15, 0.2) is 0 Å². The predicted octanol–water partition coefficient (Wildman–Crippen LogP) is 2.97. The van der Waals surface area contributed by atoms with Crippen molar-refractivity contribution in [3.63, 3.8) is 0 Å². The van der Waals surface area contributed by atoms with Crippen molar-refractivity contribution in [2.45, 2.75) is 63.1 Å². The summed E-state index contributed by atoms with van der Waals surface area (Å²) < 4.78 is 35.6. The quantitative estimate of drug-likeness (QED) is 0.713. The molecule has 2 nitrogen and oxygen atoms in total. The maximum absolute atomic E-state index is 11.9. The first-order valence-corrected chi connectivity index (χ1v) is 6.48. The van der Waals surface area contributed by atoms with Crippen molar-refractivity contribution in [2.75, 3.05) is 13.1 Å². The lowest BCUT2D eigenvalue weighted by Crippen LogP contribution is -2.44. The van der Waals surface area contributed by atoms with E-state index in [0.717, 1.165) is 25.8 Å². The topological polar surface area (TPSA) is 38.0 Å². The maximum Gasteiger partial charge on any atom is 0.389 e. The molecular formula is C12H23F3N2. The second-order valence-electron chi connectivity index (χ2n) is 5.14. The van der Waals surface area contributed by atoms with Gasteiger partial charge in [-0.05, 0) is 38.8 Å². The summed E-state index contributed by atoms with van der Waals surface area (Å²) in [5, 5.41) is 3.05. The first-order valence-electron chi connectivity index (χ1n) is 6.48.